The molecule has 1 heterocycles. The van der Waals surface area contributed by atoms with Gasteiger partial charge in [-0.15, -0.1) is 0 Å². The second-order valence-corrected chi connectivity index (χ2v) is 14.5. The molecule has 2 atom stereocenters. The van der Waals surface area contributed by atoms with Gasteiger partial charge in [-0.3, -0.25) is 9.59 Å². The van der Waals surface area contributed by atoms with Crippen molar-refractivity contribution in [3.05, 3.63) is 12.2 Å². The molecule has 2 N–H and O–H groups in total. The fourth-order valence-corrected chi connectivity index (χ4v) is 6.57. The van der Waals surface area contributed by atoms with Gasteiger partial charge >= 0.3 is 5.97 Å². The van der Waals surface area contributed by atoms with E-state index in [1.54, 1.807) is 0 Å². The second-order valence-electron chi connectivity index (χ2n) is 14.5. The minimum atomic E-state index is -0.136. The highest BCUT2D eigenvalue weighted by atomic mass is 16.5. The Balaban J connectivity index is 2.13. The van der Waals surface area contributed by atoms with Crippen molar-refractivity contribution in [1.29, 1.82) is 0 Å². The van der Waals surface area contributed by atoms with E-state index in [4.69, 9.17) is 4.74 Å². The topological polar surface area (TPSA) is 70.7 Å². The van der Waals surface area contributed by atoms with Gasteiger partial charge in [-0.25, -0.2) is 0 Å². The smallest absolute Gasteiger partial charge is 0.305 e. The molecule has 0 aromatic rings. The molecule has 276 valence electrons. The van der Waals surface area contributed by atoms with E-state index in [-0.39, 0.29) is 17.9 Å². The summed E-state index contributed by atoms with van der Waals surface area (Å²) in [5.41, 5.74) is 0. The van der Waals surface area contributed by atoms with Crippen LogP contribution < -0.4 is 10.6 Å². The third-order valence-corrected chi connectivity index (χ3v) is 9.86. The molecule has 1 amide bonds. The van der Waals surface area contributed by atoms with Gasteiger partial charge in [0.2, 0.25) is 5.91 Å². The molecule has 0 aromatic heterocycles. The molecule has 0 bridgehead atoms. The first kappa shape index (κ1) is 43.6. The SMILES string of the molecule is CCCCCCCC/C=C\CCCCCCCCNC(=O)C(CCCCCOC(=O)CCC(C)CCCCC)NCCN1CCCC1. The van der Waals surface area contributed by atoms with Crippen molar-refractivity contribution in [2.45, 2.75) is 194 Å². The van der Waals surface area contributed by atoms with Gasteiger partial charge in [0.15, 0.2) is 0 Å². The molecule has 0 aromatic carbocycles. The average Bonchev–Trinajstić information content (AvgIpc) is 3.59. The van der Waals surface area contributed by atoms with E-state index in [0.717, 1.165) is 58.2 Å². The summed E-state index contributed by atoms with van der Waals surface area (Å²) in [6.45, 7) is 12.3. The van der Waals surface area contributed by atoms with Gasteiger partial charge < -0.3 is 20.3 Å². The second kappa shape index (κ2) is 33.1. The molecule has 2 unspecified atom stereocenters. The van der Waals surface area contributed by atoms with Gasteiger partial charge in [-0.05, 0) is 89.6 Å². The van der Waals surface area contributed by atoms with Crippen molar-refractivity contribution in [3.63, 3.8) is 0 Å². The lowest BCUT2D eigenvalue weighted by Gasteiger charge is -2.21. The van der Waals surface area contributed by atoms with Crippen LogP contribution in [0.2, 0.25) is 0 Å². The average molecular weight is 662 g/mol. The van der Waals surface area contributed by atoms with Crippen LogP contribution in [-0.4, -0.2) is 62.1 Å². The summed E-state index contributed by atoms with van der Waals surface area (Å²) < 4.78 is 5.50. The number of allylic oxidation sites excluding steroid dienone is 2. The van der Waals surface area contributed by atoms with Crippen molar-refractivity contribution in [2.75, 3.05) is 39.3 Å². The summed E-state index contributed by atoms with van der Waals surface area (Å²) >= 11 is 0. The number of carbonyl (C=O) groups excluding carboxylic acids is 2. The third kappa shape index (κ3) is 28.2. The predicted octanol–water partition coefficient (Wildman–Crippen LogP) is 10.3. The Morgan fingerprint density at radius 3 is 1.94 bits per heavy atom. The molecule has 0 spiro atoms. The third-order valence-electron chi connectivity index (χ3n) is 9.86. The maximum atomic E-state index is 13.1. The van der Waals surface area contributed by atoms with Crippen molar-refractivity contribution in [1.82, 2.24) is 15.5 Å². The highest BCUT2D eigenvalue weighted by Gasteiger charge is 2.18. The fourth-order valence-electron chi connectivity index (χ4n) is 6.57. The number of rotatable bonds is 34. The summed E-state index contributed by atoms with van der Waals surface area (Å²) in [6, 6.07) is -0.136. The first-order valence-electron chi connectivity index (χ1n) is 20.6. The van der Waals surface area contributed by atoms with Crippen molar-refractivity contribution < 1.29 is 14.3 Å². The molecular formula is C41H79N3O3. The Kier molecular flexibility index (Phi) is 30.7. The number of esters is 1. The number of nitrogens with zero attached hydrogens (tertiary/aromatic N) is 1. The molecule has 1 rings (SSSR count). The van der Waals surface area contributed by atoms with Crippen molar-refractivity contribution >= 4 is 11.9 Å². The lowest BCUT2D eigenvalue weighted by molar-refractivity contribution is -0.144. The molecular weight excluding hydrogens is 582 g/mol. The standard InChI is InChI=1S/C41H79N3O3/c1-4-6-8-9-10-11-12-13-14-15-16-17-18-19-20-24-32-43-41(46)39(42-33-36-44-34-25-26-35-44)29-23-21-27-37-47-40(45)31-30-38(3)28-22-7-5-2/h13-14,38-39,42H,4-12,15-37H2,1-3H3,(H,43,46)/b14-13-. The number of amides is 1. The molecule has 6 nitrogen and oxygen atoms in total. The summed E-state index contributed by atoms with van der Waals surface area (Å²) in [5.74, 6) is 0.690. The maximum Gasteiger partial charge on any atom is 0.305 e. The lowest BCUT2D eigenvalue weighted by atomic mass is 9.98. The van der Waals surface area contributed by atoms with E-state index in [0.29, 0.717) is 18.9 Å². The number of carbonyl (C=O) groups is 2. The predicted molar refractivity (Wildman–Crippen MR) is 202 cm³/mol. The van der Waals surface area contributed by atoms with Crippen LogP contribution in [0, 0.1) is 5.92 Å². The number of unbranched alkanes of at least 4 members (excludes halogenated alkanes) is 16. The number of likely N-dealkylation sites (tertiary alicyclic amines) is 1. The number of nitrogens with one attached hydrogen (secondary N) is 2. The quantitative estimate of drug-likeness (QED) is 0.0408. The Bertz CT molecular complexity index is 737. The van der Waals surface area contributed by atoms with Crippen LogP contribution in [0.5, 0.6) is 0 Å². The summed E-state index contributed by atoms with van der Waals surface area (Å²) in [4.78, 5) is 27.7. The van der Waals surface area contributed by atoms with E-state index in [1.165, 1.54) is 135 Å². The minimum absolute atomic E-state index is 0.0561. The highest BCUT2D eigenvalue weighted by Crippen LogP contribution is 2.16. The minimum Gasteiger partial charge on any atom is -0.466 e. The lowest BCUT2D eigenvalue weighted by Crippen LogP contribution is -2.46. The molecule has 0 aliphatic carbocycles. The molecule has 1 aliphatic rings. The van der Waals surface area contributed by atoms with Crippen molar-refractivity contribution in [2.24, 2.45) is 5.92 Å². The van der Waals surface area contributed by atoms with Crippen LogP contribution in [0.1, 0.15) is 188 Å². The normalized spacial score (nSPS) is 15.0. The molecule has 0 radical (unpaired) electrons. The van der Waals surface area contributed by atoms with Crippen molar-refractivity contribution in [3.8, 4) is 0 Å². The Labute approximate surface area is 292 Å². The van der Waals surface area contributed by atoms with Gasteiger partial charge in [-0.2, -0.15) is 0 Å². The van der Waals surface area contributed by atoms with Crippen LogP contribution in [0.3, 0.4) is 0 Å². The van der Waals surface area contributed by atoms with E-state index < -0.39 is 0 Å². The van der Waals surface area contributed by atoms with E-state index in [9.17, 15) is 9.59 Å². The molecule has 6 heteroatoms. The fraction of sp³-hybridized carbons (Fsp3) is 0.902. The number of hydrogen-bond acceptors (Lipinski definition) is 5. The first-order valence-corrected chi connectivity index (χ1v) is 20.6. The number of hydrogen-bond donors (Lipinski definition) is 2. The molecule has 1 aliphatic heterocycles. The Hall–Kier alpha value is -1.40. The zero-order valence-corrected chi connectivity index (χ0v) is 31.6. The summed E-state index contributed by atoms with van der Waals surface area (Å²) in [7, 11) is 0. The van der Waals surface area contributed by atoms with Gasteiger partial charge in [0.25, 0.3) is 0 Å². The zero-order chi connectivity index (χ0) is 34.0. The van der Waals surface area contributed by atoms with E-state index in [1.807, 2.05) is 0 Å². The molecule has 47 heavy (non-hydrogen) atoms. The largest absolute Gasteiger partial charge is 0.466 e. The van der Waals surface area contributed by atoms with Gasteiger partial charge in [0, 0.05) is 26.1 Å². The van der Waals surface area contributed by atoms with Crippen LogP contribution in [-0.2, 0) is 14.3 Å². The zero-order valence-electron chi connectivity index (χ0n) is 31.6. The van der Waals surface area contributed by atoms with Crippen LogP contribution in [0.15, 0.2) is 12.2 Å². The van der Waals surface area contributed by atoms with Gasteiger partial charge in [0.1, 0.15) is 0 Å². The molecule has 1 fully saturated rings. The summed E-state index contributed by atoms with van der Waals surface area (Å²) in [5, 5.41) is 6.79. The highest BCUT2D eigenvalue weighted by molar-refractivity contribution is 5.81. The van der Waals surface area contributed by atoms with Crippen LogP contribution in [0.4, 0.5) is 0 Å². The van der Waals surface area contributed by atoms with Crippen LogP contribution >= 0.6 is 0 Å². The monoisotopic (exact) mass is 662 g/mol. The summed E-state index contributed by atoms with van der Waals surface area (Å²) in [6.07, 6.45) is 35.7. The first-order chi connectivity index (χ1) is 23.1. The maximum absolute atomic E-state index is 13.1. The van der Waals surface area contributed by atoms with E-state index in [2.05, 4.69) is 48.5 Å². The number of ether oxygens (including phenoxy) is 1. The Morgan fingerprint density at radius 2 is 1.26 bits per heavy atom. The molecule has 0 saturated carbocycles. The van der Waals surface area contributed by atoms with Gasteiger partial charge in [-0.1, -0.05) is 123 Å². The Morgan fingerprint density at radius 1 is 0.681 bits per heavy atom. The van der Waals surface area contributed by atoms with E-state index >= 15 is 0 Å². The molecule has 1 saturated heterocycles. The van der Waals surface area contributed by atoms with Gasteiger partial charge in [0.05, 0.1) is 12.6 Å². The van der Waals surface area contributed by atoms with Crippen LogP contribution in [0.25, 0.3) is 0 Å².